The number of β-amino-alcohol motifs (C(OH)–C–C–N with tert-alkyl or cyclic N) is 1. The van der Waals surface area contributed by atoms with Crippen molar-refractivity contribution in [3.8, 4) is 10.4 Å². The molecule has 1 amide bonds. The van der Waals surface area contributed by atoms with E-state index in [1.54, 1.807) is 16.2 Å². The first-order chi connectivity index (χ1) is 16.4. The Morgan fingerprint density at radius 3 is 2.31 bits per heavy atom. The molecule has 2 aromatic rings. The van der Waals surface area contributed by atoms with Gasteiger partial charge in [-0.25, -0.2) is 0 Å². The molecule has 0 radical (unpaired) electrons. The highest BCUT2D eigenvalue weighted by atomic mass is 32.1. The van der Waals surface area contributed by atoms with Crippen LogP contribution in [0.3, 0.4) is 0 Å². The van der Waals surface area contributed by atoms with E-state index in [0.717, 1.165) is 5.56 Å². The maximum atomic E-state index is 13.6. The van der Waals surface area contributed by atoms with Crippen molar-refractivity contribution < 1.29 is 19.5 Å². The average molecular weight is 498 g/mol. The second-order valence-electron chi connectivity index (χ2n) is 11.2. The molecule has 0 aliphatic carbocycles. The van der Waals surface area contributed by atoms with Gasteiger partial charge < -0.3 is 10.0 Å². The fourth-order valence-corrected chi connectivity index (χ4v) is 5.62. The summed E-state index contributed by atoms with van der Waals surface area (Å²) < 4.78 is 0. The smallest absolute Gasteiger partial charge is 0.227 e. The SMILES string of the molecule is Cc1ccsc1-c1ccc(CCC(=O)C2C[C@@H](O)CN2C(=O)[C@@H](CC(=O)C(C)C)C(C)(C)C)cc1. The molecule has 5 nitrogen and oxygen atoms in total. The third-order valence-corrected chi connectivity index (χ3v) is 8.13. The number of Topliss-reactive ketones (excluding diaryl/α,β-unsaturated/α-hetero) is 2. The third-order valence-electron chi connectivity index (χ3n) is 7.06. The summed E-state index contributed by atoms with van der Waals surface area (Å²) in [5.41, 5.74) is 3.08. The van der Waals surface area contributed by atoms with Crippen LogP contribution in [0, 0.1) is 24.2 Å². The summed E-state index contributed by atoms with van der Waals surface area (Å²) in [4.78, 5) is 42.1. The summed E-state index contributed by atoms with van der Waals surface area (Å²) in [7, 11) is 0. The van der Waals surface area contributed by atoms with Gasteiger partial charge in [-0.1, -0.05) is 58.9 Å². The molecule has 1 aromatic carbocycles. The number of likely N-dealkylation sites (tertiary alicyclic amines) is 1. The number of amides is 1. The van der Waals surface area contributed by atoms with Gasteiger partial charge in [-0.2, -0.15) is 0 Å². The van der Waals surface area contributed by atoms with Gasteiger partial charge >= 0.3 is 0 Å². The molecular formula is C29H39NO4S. The zero-order chi connectivity index (χ0) is 25.9. The van der Waals surface area contributed by atoms with Crippen LogP contribution >= 0.6 is 11.3 Å². The Balaban J connectivity index is 1.68. The third kappa shape index (κ3) is 6.68. The minimum Gasteiger partial charge on any atom is -0.391 e. The molecule has 0 spiro atoms. The van der Waals surface area contributed by atoms with Crippen molar-refractivity contribution in [1.82, 2.24) is 4.90 Å². The van der Waals surface area contributed by atoms with Gasteiger partial charge in [0.05, 0.1) is 12.1 Å². The predicted molar refractivity (Wildman–Crippen MR) is 141 cm³/mol. The molecule has 0 bridgehead atoms. The van der Waals surface area contributed by atoms with Crippen LogP contribution in [-0.4, -0.2) is 46.2 Å². The van der Waals surface area contributed by atoms with Crippen LogP contribution in [0.4, 0.5) is 0 Å². The topological polar surface area (TPSA) is 74.7 Å². The lowest BCUT2D eigenvalue weighted by Crippen LogP contribution is -2.47. The Labute approximate surface area is 213 Å². The standard InChI is InChI=1S/C29H39NO4S/c1-18(2)26(33)16-23(29(4,5)6)28(34)30-17-22(31)15-24(30)25(32)12-9-20-7-10-21(11-8-20)27-19(3)13-14-35-27/h7-8,10-11,13-14,18,22-24,31H,9,12,15-17H2,1-6H3/t22-,23-,24?/m1/s1. The molecule has 1 aromatic heterocycles. The van der Waals surface area contributed by atoms with Crippen LogP contribution in [-0.2, 0) is 20.8 Å². The normalized spacial score (nSPS) is 19.3. The summed E-state index contributed by atoms with van der Waals surface area (Å²) in [6.45, 7) is 11.8. The van der Waals surface area contributed by atoms with E-state index in [0.29, 0.717) is 12.8 Å². The van der Waals surface area contributed by atoms with E-state index in [4.69, 9.17) is 0 Å². The molecule has 2 heterocycles. The first-order valence-corrected chi connectivity index (χ1v) is 13.4. The summed E-state index contributed by atoms with van der Waals surface area (Å²) >= 11 is 1.72. The number of aliphatic hydroxyl groups is 1. The summed E-state index contributed by atoms with van der Waals surface area (Å²) in [5, 5.41) is 12.4. The van der Waals surface area contributed by atoms with Crippen molar-refractivity contribution in [2.75, 3.05) is 6.54 Å². The Morgan fingerprint density at radius 1 is 1.11 bits per heavy atom. The van der Waals surface area contributed by atoms with E-state index in [-0.39, 0.29) is 42.8 Å². The molecule has 0 saturated carbocycles. The second kappa shape index (κ2) is 11.2. The van der Waals surface area contributed by atoms with Crippen LogP contribution in [0.1, 0.15) is 65.0 Å². The quantitative estimate of drug-likeness (QED) is 0.499. The molecule has 3 atom stereocenters. The number of hydrogen-bond acceptors (Lipinski definition) is 5. The van der Waals surface area contributed by atoms with Crippen LogP contribution in [0.5, 0.6) is 0 Å². The molecule has 1 unspecified atom stereocenters. The summed E-state index contributed by atoms with van der Waals surface area (Å²) in [6, 6.07) is 9.77. The van der Waals surface area contributed by atoms with Gasteiger partial charge in [0.2, 0.25) is 5.91 Å². The lowest BCUT2D eigenvalue weighted by molar-refractivity contribution is -0.146. The highest BCUT2D eigenvalue weighted by Gasteiger charge is 2.44. The number of hydrogen-bond donors (Lipinski definition) is 1. The molecule has 190 valence electrons. The number of aliphatic hydroxyl groups excluding tert-OH is 1. The number of ketones is 2. The maximum absolute atomic E-state index is 13.6. The highest BCUT2D eigenvalue weighted by Crippen LogP contribution is 2.34. The number of nitrogens with zero attached hydrogens (tertiary/aromatic N) is 1. The Bertz CT molecular complexity index is 1050. The molecule has 1 N–H and O–H groups in total. The van der Waals surface area contributed by atoms with E-state index in [1.165, 1.54) is 16.0 Å². The maximum Gasteiger partial charge on any atom is 0.227 e. The Hall–Kier alpha value is -2.31. The fraction of sp³-hybridized carbons (Fsp3) is 0.552. The van der Waals surface area contributed by atoms with Gasteiger partial charge in [-0.15, -0.1) is 11.3 Å². The molecule has 35 heavy (non-hydrogen) atoms. The molecule has 1 aliphatic rings. The fourth-order valence-electron chi connectivity index (χ4n) is 4.69. The number of benzene rings is 1. The van der Waals surface area contributed by atoms with Gasteiger partial charge in [0, 0.05) is 42.5 Å². The van der Waals surface area contributed by atoms with Gasteiger partial charge in [-0.05, 0) is 46.9 Å². The number of thiophene rings is 1. The molecule has 3 rings (SSSR count). The number of carbonyl (C=O) groups excluding carboxylic acids is 3. The molecular weight excluding hydrogens is 458 g/mol. The zero-order valence-corrected chi connectivity index (χ0v) is 22.7. The Kier molecular flexibility index (Phi) is 8.71. The summed E-state index contributed by atoms with van der Waals surface area (Å²) in [6.07, 6.45) is 0.595. The Morgan fingerprint density at radius 2 is 1.77 bits per heavy atom. The van der Waals surface area contributed by atoms with Crippen molar-refractivity contribution in [1.29, 1.82) is 0 Å². The number of aryl methyl sites for hydroxylation is 2. The lowest BCUT2D eigenvalue weighted by atomic mass is 9.75. The van der Waals surface area contributed by atoms with E-state index < -0.39 is 23.5 Å². The van der Waals surface area contributed by atoms with E-state index in [1.807, 2.05) is 34.6 Å². The van der Waals surface area contributed by atoms with Gasteiger partial charge in [0.1, 0.15) is 5.78 Å². The van der Waals surface area contributed by atoms with Crippen LogP contribution in [0.25, 0.3) is 10.4 Å². The van der Waals surface area contributed by atoms with Gasteiger partial charge in [0.25, 0.3) is 0 Å². The monoisotopic (exact) mass is 497 g/mol. The van der Waals surface area contributed by atoms with Crippen LogP contribution < -0.4 is 0 Å². The van der Waals surface area contributed by atoms with Crippen molar-refractivity contribution in [3.05, 3.63) is 46.8 Å². The minimum atomic E-state index is -0.720. The largest absolute Gasteiger partial charge is 0.391 e. The first kappa shape index (κ1) is 27.3. The predicted octanol–water partition coefficient (Wildman–Crippen LogP) is 5.46. The molecule has 1 saturated heterocycles. The number of carbonyl (C=O) groups is 3. The van der Waals surface area contributed by atoms with Gasteiger partial charge in [-0.3, -0.25) is 14.4 Å². The molecule has 1 fully saturated rings. The van der Waals surface area contributed by atoms with Crippen molar-refractivity contribution >= 4 is 28.8 Å². The van der Waals surface area contributed by atoms with E-state index in [2.05, 4.69) is 42.6 Å². The van der Waals surface area contributed by atoms with Crippen molar-refractivity contribution in [3.63, 3.8) is 0 Å². The van der Waals surface area contributed by atoms with Crippen molar-refractivity contribution in [2.45, 2.75) is 79.4 Å². The number of rotatable bonds is 9. The van der Waals surface area contributed by atoms with Crippen molar-refractivity contribution in [2.24, 2.45) is 17.3 Å². The second-order valence-corrected chi connectivity index (χ2v) is 12.2. The minimum absolute atomic E-state index is 0.0316. The van der Waals surface area contributed by atoms with Crippen LogP contribution in [0.2, 0.25) is 0 Å². The highest BCUT2D eigenvalue weighted by molar-refractivity contribution is 7.13. The van der Waals surface area contributed by atoms with E-state index >= 15 is 0 Å². The molecule has 6 heteroatoms. The van der Waals surface area contributed by atoms with Gasteiger partial charge in [0.15, 0.2) is 5.78 Å². The molecule has 1 aliphatic heterocycles. The lowest BCUT2D eigenvalue weighted by Gasteiger charge is -2.35. The van der Waals surface area contributed by atoms with Crippen LogP contribution in [0.15, 0.2) is 35.7 Å². The first-order valence-electron chi connectivity index (χ1n) is 12.6. The summed E-state index contributed by atoms with van der Waals surface area (Å²) in [5.74, 6) is -0.856. The zero-order valence-electron chi connectivity index (χ0n) is 21.8. The van der Waals surface area contributed by atoms with E-state index in [9.17, 15) is 19.5 Å². The average Bonchev–Trinajstić information content (AvgIpc) is 3.40.